The number of benzene rings is 3. The van der Waals surface area contributed by atoms with Crippen LogP contribution in [0.5, 0.6) is 0 Å². The van der Waals surface area contributed by atoms with Gasteiger partial charge in [0.05, 0.1) is 11.3 Å². The van der Waals surface area contributed by atoms with Crippen molar-refractivity contribution in [1.29, 1.82) is 0 Å². The lowest BCUT2D eigenvalue weighted by Crippen LogP contribution is -2.31. The molecular formula is C21H17F3N2O. The van der Waals surface area contributed by atoms with Crippen molar-refractivity contribution in [1.82, 2.24) is 5.43 Å². The molecule has 0 fully saturated rings. The molecule has 138 valence electrons. The van der Waals surface area contributed by atoms with Crippen LogP contribution in [0.4, 0.5) is 18.9 Å². The molecule has 3 aromatic carbocycles. The van der Waals surface area contributed by atoms with Gasteiger partial charge in [-0.3, -0.25) is 15.6 Å². The van der Waals surface area contributed by atoms with Gasteiger partial charge in [0.15, 0.2) is 0 Å². The molecule has 2 N–H and O–H groups in total. The number of rotatable bonds is 5. The van der Waals surface area contributed by atoms with Gasteiger partial charge in [0.25, 0.3) is 5.91 Å². The van der Waals surface area contributed by atoms with Crippen LogP contribution in [0.15, 0.2) is 78.9 Å². The Morgan fingerprint density at radius 1 is 0.815 bits per heavy atom. The van der Waals surface area contributed by atoms with Crippen molar-refractivity contribution in [3.8, 4) is 0 Å². The number of para-hydroxylation sites is 1. The number of hydrogen-bond donors (Lipinski definition) is 2. The van der Waals surface area contributed by atoms with Gasteiger partial charge < -0.3 is 0 Å². The fourth-order valence-corrected chi connectivity index (χ4v) is 2.74. The largest absolute Gasteiger partial charge is 0.418 e. The molecule has 27 heavy (non-hydrogen) atoms. The number of alkyl halides is 3. The quantitative estimate of drug-likeness (QED) is 0.617. The third kappa shape index (κ3) is 4.67. The molecule has 3 nitrogen and oxygen atoms in total. The van der Waals surface area contributed by atoms with Crippen molar-refractivity contribution in [3.05, 3.63) is 101 Å². The molecule has 0 aliphatic heterocycles. The highest BCUT2D eigenvalue weighted by atomic mass is 19.4. The van der Waals surface area contributed by atoms with Gasteiger partial charge in [0.2, 0.25) is 0 Å². The van der Waals surface area contributed by atoms with E-state index in [4.69, 9.17) is 0 Å². The van der Waals surface area contributed by atoms with Crippen molar-refractivity contribution in [2.24, 2.45) is 0 Å². The van der Waals surface area contributed by atoms with Crippen molar-refractivity contribution in [3.63, 3.8) is 0 Å². The fourth-order valence-electron chi connectivity index (χ4n) is 2.74. The Labute approximate surface area is 154 Å². The highest BCUT2D eigenvalue weighted by Gasteiger charge is 2.33. The molecular weight excluding hydrogens is 353 g/mol. The van der Waals surface area contributed by atoms with Crippen LogP contribution in [0.1, 0.15) is 27.0 Å². The standard InChI is InChI=1S/C21H17F3N2O/c22-21(23,24)18-12-6-7-13-19(18)25-26-20(27)17-11-5-4-10-16(17)14-15-8-2-1-3-9-15/h1-13,25H,14H2,(H,26,27). The summed E-state index contributed by atoms with van der Waals surface area (Å²) in [4.78, 5) is 12.5. The summed E-state index contributed by atoms with van der Waals surface area (Å²) < 4.78 is 39.1. The van der Waals surface area contributed by atoms with Gasteiger partial charge in [0, 0.05) is 5.56 Å². The monoisotopic (exact) mass is 370 g/mol. The molecule has 1 amide bonds. The SMILES string of the molecule is O=C(NNc1ccccc1C(F)(F)F)c1ccccc1Cc1ccccc1. The highest BCUT2D eigenvalue weighted by Crippen LogP contribution is 2.34. The summed E-state index contributed by atoms with van der Waals surface area (Å²) in [6.45, 7) is 0. The van der Waals surface area contributed by atoms with Crippen LogP contribution in [0.3, 0.4) is 0 Å². The van der Waals surface area contributed by atoms with Crippen molar-refractivity contribution in [2.45, 2.75) is 12.6 Å². The van der Waals surface area contributed by atoms with Gasteiger partial charge in [-0.15, -0.1) is 0 Å². The Morgan fingerprint density at radius 2 is 1.44 bits per heavy atom. The zero-order valence-electron chi connectivity index (χ0n) is 14.3. The van der Waals surface area contributed by atoms with Gasteiger partial charge >= 0.3 is 6.18 Å². The first kappa shape index (κ1) is 18.5. The summed E-state index contributed by atoms with van der Waals surface area (Å²) in [6.07, 6.45) is -3.97. The Hall–Kier alpha value is -3.28. The average Bonchev–Trinajstić information content (AvgIpc) is 2.67. The summed E-state index contributed by atoms with van der Waals surface area (Å²) in [5.41, 5.74) is 5.92. The van der Waals surface area contributed by atoms with Crippen LogP contribution in [0, 0.1) is 0 Å². The molecule has 0 unspecified atom stereocenters. The van der Waals surface area contributed by atoms with E-state index in [2.05, 4.69) is 10.9 Å². The van der Waals surface area contributed by atoms with Crippen LogP contribution in [0.25, 0.3) is 0 Å². The molecule has 3 rings (SSSR count). The lowest BCUT2D eigenvalue weighted by molar-refractivity contribution is -0.137. The van der Waals surface area contributed by atoms with E-state index in [0.717, 1.165) is 17.2 Å². The van der Waals surface area contributed by atoms with Gasteiger partial charge in [-0.05, 0) is 35.7 Å². The Morgan fingerprint density at radius 3 is 2.19 bits per heavy atom. The number of hydrogen-bond acceptors (Lipinski definition) is 2. The third-order valence-electron chi connectivity index (χ3n) is 4.04. The summed E-state index contributed by atoms with van der Waals surface area (Å²) in [7, 11) is 0. The topological polar surface area (TPSA) is 41.1 Å². The molecule has 0 atom stereocenters. The van der Waals surface area contributed by atoms with E-state index in [0.29, 0.717) is 12.0 Å². The first-order chi connectivity index (χ1) is 12.9. The van der Waals surface area contributed by atoms with Crippen LogP contribution < -0.4 is 10.9 Å². The van der Waals surface area contributed by atoms with E-state index in [1.54, 1.807) is 12.1 Å². The predicted molar refractivity (Wildman–Crippen MR) is 98.2 cm³/mol. The van der Waals surface area contributed by atoms with Crippen molar-refractivity contribution >= 4 is 11.6 Å². The van der Waals surface area contributed by atoms with E-state index in [1.807, 2.05) is 42.5 Å². The molecule has 0 aliphatic carbocycles. The minimum Gasteiger partial charge on any atom is -0.298 e. The number of amides is 1. The summed E-state index contributed by atoms with van der Waals surface area (Å²) in [5, 5.41) is 0. The molecule has 0 aliphatic rings. The van der Waals surface area contributed by atoms with Gasteiger partial charge in [-0.25, -0.2) is 0 Å². The lowest BCUT2D eigenvalue weighted by atomic mass is 9.99. The Bertz CT molecular complexity index is 924. The fraction of sp³-hybridized carbons (Fsp3) is 0.0952. The Balaban J connectivity index is 1.77. The summed E-state index contributed by atoms with van der Waals surface area (Å²) in [5.74, 6) is -0.501. The van der Waals surface area contributed by atoms with E-state index < -0.39 is 17.6 Å². The number of hydrazine groups is 1. The van der Waals surface area contributed by atoms with Gasteiger partial charge in [0.1, 0.15) is 0 Å². The lowest BCUT2D eigenvalue weighted by Gasteiger charge is -2.16. The van der Waals surface area contributed by atoms with Crippen LogP contribution in [-0.2, 0) is 12.6 Å². The number of anilines is 1. The second-order valence-corrected chi connectivity index (χ2v) is 5.94. The van der Waals surface area contributed by atoms with Crippen LogP contribution in [0.2, 0.25) is 0 Å². The number of halogens is 3. The molecule has 0 spiro atoms. The maximum atomic E-state index is 13.0. The third-order valence-corrected chi connectivity index (χ3v) is 4.04. The summed E-state index contributed by atoms with van der Waals surface area (Å²) >= 11 is 0. The Kier molecular flexibility index (Phi) is 5.45. The number of nitrogens with one attached hydrogen (secondary N) is 2. The summed E-state index contributed by atoms with van der Waals surface area (Å²) in [6, 6.07) is 21.6. The van der Waals surface area contributed by atoms with Crippen molar-refractivity contribution in [2.75, 3.05) is 5.43 Å². The second-order valence-electron chi connectivity index (χ2n) is 5.94. The number of carbonyl (C=O) groups is 1. The van der Waals surface area contributed by atoms with Crippen molar-refractivity contribution < 1.29 is 18.0 Å². The average molecular weight is 370 g/mol. The molecule has 0 saturated carbocycles. The van der Waals surface area contributed by atoms with E-state index >= 15 is 0 Å². The minimum atomic E-state index is -4.51. The van der Waals surface area contributed by atoms with E-state index in [9.17, 15) is 18.0 Å². The second kappa shape index (κ2) is 7.95. The zero-order chi connectivity index (χ0) is 19.3. The first-order valence-electron chi connectivity index (χ1n) is 8.29. The van der Waals surface area contributed by atoms with Gasteiger partial charge in [-0.2, -0.15) is 13.2 Å². The predicted octanol–water partition coefficient (Wildman–Crippen LogP) is 5.05. The zero-order valence-corrected chi connectivity index (χ0v) is 14.3. The maximum absolute atomic E-state index is 13.0. The first-order valence-corrected chi connectivity index (χ1v) is 8.29. The number of carbonyl (C=O) groups excluding carboxylic acids is 1. The highest BCUT2D eigenvalue weighted by molar-refractivity contribution is 5.96. The molecule has 0 aromatic heterocycles. The normalized spacial score (nSPS) is 11.1. The minimum absolute atomic E-state index is 0.209. The molecule has 0 bridgehead atoms. The molecule has 0 heterocycles. The van der Waals surface area contributed by atoms with E-state index in [-0.39, 0.29) is 5.69 Å². The van der Waals surface area contributed by atoms with E-state index in [1.165, 1.54) is 18.2 Å². The maximum Gasteiger partial charge on any atom is 0.418 e. The van der Waals surface area contributed by atoms with Crippen LogP contribution in [-0.4, -0.2) is 5.91 Å². The molecule has 0 radical (unpaired) electrons. The van der Waals surface area contributed by atoms with Gasteiger partial charge in [-0.1, -0.05) is 60.7 Å². The van der Waals surface area contributed by atoms with Crippen LogP contribution >= 0.6 is 0 Å². The smallest absolute Gasteiger partial charge is 0.298 e. The molecule has 3 aromatic rings. The molecule has 6 heteroatoms. The molecule has 0 saturated heterocycles.